The van der Waals surface area contributed by atoms with Crippen LogP contribution in [0.25, 0.3) is 0 Å². The van der Waals surface area contributed by atoms with Crippen LogP contribution in [0.4, 0.5) is 11.4 Å². The lowest BCUT2D eigenvalue weighted by molar-refractivity contribution is -0.396. The van der Waals surface area contributed by atoms with Crippen LogP contribution in [0.15, 0.2) is 23.1 Å². The third kappa shape index (κ3) is 3.17. The highest BCUT2D eigenvalue weighted by Crippen LogP contribution is 2.34. The first-order valence-electron chi connectivity index (χ1n) is 4.63. The van der Waals surface area contributed by atoms with E-state index in [2.05, 4.69) is 0 Å². The van der Waals surface area contributed by atoms with Crippen LogP contribution >= 0.6 is 11.8 Å². The van der Waals surface area contributed by atoms with Gasteiger partial charge < -0.3 is 9.90 Å². The molecule has 1 rings (SSSR count). The lowest BCUT2D eigenvalue weighted by Crippen LogP contribution is -2.31. The first kappa shape index (κ1) is 13.9. The molecule has 0 heterocycles. The summed E-state index contributed by atoms with van der Waals surface area (Å²) in [6, 6.07) is 3.03. The molecule has 0 spiro atoms. The van der Waals surface area contributed by atoms with Crippen molar-refractivity contribution >= 4 is 29.1 Å². The fraction of sp³-hybridized carbons (Fsp3) is 0.222. The van der Waals surface area contributed by atoms with Crippen molar-refractivity contribution in [2.24, 2.45) is 0 Å². The zero-order valence-corrected chi connectivity index (χ0v) is 9.88. The first-order valence-corrected chi connectivity index (χ1v) is 5.51. The van der Waals surface area contributed by atoms with Crippen LogP contribution in [0, 0.1) is 20.2 Å². The molecule has 1 aromatic carbocycles. The molecule has 0 saturated carbocycles. The topological polar surface area (TPSA) is 126 Å². The Balaban J connectivity index is 3.16. The summed E-state index contributed by atoms with van der Waals surface area (Å²) in [5, 5.41) is 30.8. The van der Waals surface area contributed by atoms with Gasteiger partial charge in [0.05, 0.1) is 26.8 Å². The summed E-state index contributed by atoms with van der Waals surface area (Å²) >= 11 is 0.701. The predicted molar refractivity (Wildman–Crippen MR) is 60.1 cm³/mol. The van der Waals surface area contributed by atoms with Crippen LogP contribution in [-0.4, -0.2) is 21.1 Å². The molecule has 1 aromatic rings. The minimum absolute atomic E-state index is 0.0438. The number of carboxylic acid groups (broad SMARTS) is 1. The van der Waals surface area contributed by atoms with Gasteiger partial charge in [0.2, 0.25) is 0 Å². The highest BCUT2D eigenvalue weighted by atomic mass is 32.2. The van der Waals surface area contributed by atoms with Gasteiger partial charge in [0.1, 0.15) is 0 Å². The summed E-state index contributed by atoms with van der Waals surface area (Å²) in [6.07, 6.45) is 0. The van der Waals surface area contributed by atoms with Crippen molar-refractivity contribution in [1.82, 2.24) is 0 Å². The van der Waals surface area contributed by atoms with E-state index in [1.807, 2.05) is 0 Å². The number of carbonyl (C=O) groups excluding carboxylic acids is 1. The van der Waals surface area contributed by atoms with E-state index in [-0.39, 0.29) is 4.90 Å². The number of rotatable bonds is 5. The Labute approximate surface area is 105 Å². The number of carboxylic acids is 1. The largest absolute Gasteiger partial charge is 0.549 e. The van der Waals surface area contributed by atoms with E-state index in [0.29, 0.717) is 11.8 Å². The number of non-ortho nitro benzene ring substituents is 1. The van der Waals surface area contributed by atoms with Gasteiger partial charge in [0.15, 0.2) is 0 Å². The van der Waals surface area contributed by atoms with E-state index >= 15 is 0 Å². The maximum absolute atomic E-state index is 10.8. The Morgan fingerprint density at radius 3 is 2.33 bits per heavy atom. The number of hydrogen-bond donors (Lipinski definition) is 0. The number of nitro groups is 2. The van der Waals surface area contributed by atoms with Crippen LogP contribution in [0.2, 0.25) is 0 Å². The normalized spacial score (nSPS) is 11.8. The van der Waals surface area contributed by atoms with Crippen LogP contribution in [0.5, 0.6) is 0 Å². The fourth-order valence-corrected chi connectivity index (χ4v) is 1.98. The number of thioether (sulfide) groups is 1. The van der Waals surface area contributed by atoms with Gasteiger partial charge in [-0.1, -0.05) is 0 Å². The van der Waals surface area contributed by atoms with Gasteiger partial charge in [-0.2, -0.15) is 0 Å². The molecule has 0 fully saturated rings. The van der Waals surface area contributed by atoms with Gasteiger partial charge in [0, 0.05) is 11.3 Å². The zero-order chi connectivity index (χ0) is 13.9. The van der Waals surface area contributed by atoms with Gasteiger partial charge >= 0.3 is 0 Å². The molecular formula is C9H7N2O6S-. The van der Waals surface area contributed by atoms with Crippen molar-refractivity contribution < 1.29 is 19.7 Å². The monoisotopic (exact) mass is 271 g/mol. The van der Waals surface area contributed by atoms with Gasteiger partial charge in [-0.25, -0.2) is 0 Å². The average Bonchev–Trinajstić information content (AvgIpc) is 2.28. The minimum Gasteiger partial charge on any atom is -0.549 e. The molecule has 0 aliphatic rings. The molecule has 0 aliphatic carbocycles. The summed E-state index contributed by atoms with van der Waals surface area (Å²) in [4.78, 5) is 30.3. The molecule has 9 heteroatoms. The van der Waals surface area contributed by atoms with E-state index in [1.165, 1.54) is 6.92 Å². The second-order valence-corrected chi connectivity index (χ2v) is 4.63. The van der Waals surface area contributed by atoms with Crippen LogP contribution < -0.4 is 5.11 Å². The number of aliphatic carboxylic acids is 1. The van der Waals surface area contributed by atoms with E-state index in [9.17, 15) is 30.1 Å². The molecule has 96 valence electrons. The smallest absolute Gasteiger partial charge is 0.289 e. The maximum Gasteiger partial charge on any atom is 0.289 e. The molecule has 0 unspecified atom stereocenters. The van der Waals surface area contributed by atoms with Gasteiger partial charge in [-0.05, 0) is 13.0 Å². The Hall–Kier alpha value is -2.16. The van der Waals surface area contributed by atoms with Crippen molar-refractivity contribution in [2.75, 3.05) is 0 Å². The molecule has 0 aromatic heterocycles. The lowest BCUT2D eigenvalue weighted by Gasteiger charge is -2.11. The second-order valence-electron chi connectivity index (χ2n) is 3.25. The second kappa shape index (κ2) is 5.45. The molecule has 0 aliphatic heterocycles. The van der Waals surface area contributed by atoms with E-state index < -0.39 is 32.4 Å². The summed E-state index contributed by atoms with van der Waals surface area (Å²) in [6.45, 7) is 1.31. The third-order valence-corrected chi connectivity index (χ3v) is 3.13. The molecule has 0 radical (unpaired) electrons. The molecule has 18 heavy (non-hydrogen) atoms. The number of nitro benzene ring substituents is 2. The highest BCUT2D eigenvalue weighted by Gasteiger charge is 2.21. The van der Waals surface area contributed by atoms with Crippen molar-refractivity contribution in [3.05, 3.63) is 38.4 Å². The van der Waals surface area contributed by atoms with Crippen LogP contribution in [0.1, 0.15) is 6.92 Å². The third-order valence-electron chi connectivity index (χ3n) is 1.99. The summed E-state index contributed by atoms with van der Waals surface area (Å²) in [5.41, 5.74) is -0.922. The summed E-state index contributed by atoms with van der Waals surface area (Å²) < 4.78 is 0. The van der Waals surface area contributed by atoms with Crippen LogP contribution in [-0.2, 0) is 4.79 Å². The average molecular weight is 271 g/mol. The van der Waals surface area contributed by atoms with E-state index in [0.717, 1.165) is 18.2 Å². The van der Waals surface area contributed by atoms with E-state index in [4.69, 9.17) is 0 Å². The molecule has 0 amide bonds. The molecule has 8 nitrogen and oxygen atoms in total. The zero-order valence-electron chi connectivity index (χ0n) is 9.06. The van der Waals surface area contributed by atoms with Crippen molar-refractivity contribution in [1.29, 1.82) is 0 Å². The molecule has 0 saturated heterocycles. The Kier molecular flexibility index (Phi) is 4.21. The van der Waals surface area contributed by atoms with Crippen LogP contribution in [0.3, 0.4) is 0 Å². The highest BCUT2D eigenvalue weighted by molar-refractivity contribution is 8.00. The lowest BCUT2D eigenvalue weighted by atomic mass is 10.3. The Morgan fingerprint density at radius 2 is 1.89 bits per heavy atom. The number of carbonyl (C=O) groups is 1. The van der Waals surface area contributed by atoms with Crippen molar-refractivity contribution in [3.63, 3.8) is 0 Å². The van der Waals surface area contributed by atoms with Crippen molar-refractivity contribution in [3.8, 4) is 0 Å². The van der Waals surface area contributed by atoms with Crippen molar-refractivity contribution in [2.45, 2.75) is 17.1 Å². The standard InChI is InChI=1S/C9H8N2O6S/c1-5(9(12)13)18-8-3-2-6(10(14)15)4-7(8)11(16)17/h2-5H,1H3,(H,12,13)/p-1/t5-/m0/s1. The van der Waals surface area contributed by atoms with Gasteiger partial charge in [-0.3, -0.25) is 20.2 Å². The Bertz CT molecular complexity index is 518. The van der Waals surface area contributed by atoms with Gasteiger partial charge in [-0.15, -0.1) is 11.8 Å². The number of benzene rings is 1. The van der Waals surface area contributed by atoms with E-state index in [1.54, 1.807) is 0 Å². The number of hydrogen-bond acceptors (Lipinski definition) is 7. The summed E-state index contributed by atoms with van der Waals surface area (Å²) in [5.74, 6) is -1.37. The maximum atomic E-state index is 10.8. The number of nitrogens with zero attached hydrogens (tertiary/aromatic N) is 2. The molecule has 0 bridgehead atoms. The first-order chi connectivity index (χ1) is 8.32. The molecule has 1 atom stereocenters. The SMILES string of the molecule is C[C@H](Sc1ccc([N+](=O)[O-])cc1[N+](=O)[O-])C(=O)[O-]. The fourth-order valence-electron chi connectivity index (χ4n) is 1.10. The Morgan fingerprint density at radius 1 is 1.28 bits per heavy atom. The predicted octanol–water partition coefficient (Wildman–Crippen LogP) is 0.733. The van der Waals surface area contributed by atoms with Gasteiger partial charge in [0.25, 0.3) is 11.4 Å². The minimum atomic E-state index is -1.37. The molecular weight excluding hydrogens is 264 g/mol. The quantitative estimate of drug-likeness (QED) is 0.438. The molecule has 0 N–H and O–H groups in total. The summed E-state index contributed by atoms with van der Waals surface area (Å²) in [7, 11) is 0.